The summed E-state index contributed by atoms with van der Waals surface area (Å²) >= 11 is 0. The lowest BCUT2D eigenvalue weighted by molar-refractivity contribution is -0.121. The molecule has 1 aromatic carbocycles. The molecule has 1 atom stereocenters. The van der Waals surface area contributed by atoms with E-state index in [2.05, 4.69) is 0 Å². The standard InChI is InChI=1S/C16H23NO6Si/c1-5-16(24(20-2,21-3)22-4)23-13-8-6-7-12(11-13)17-14(18)9-10-15(17)19/h6-8,11,16H,5,9-10H2,1-4H3. The number of imide groups is 1. The second kappa shape index (κ2) is 7.89. The normalized spacial score (nSPS) is 16.6. The third-order valence-electron chi connectivity index (χ3n) is 4.02. The van der Waals surface area contributed by atoms with Gasteiger partial charge in [-0.15, -0.1) is 0 Å². The molecule has 0 N–H and O–H groups in total. The molecule has 1 aromatic rings. The van der Waals surface area contributed by atoms with E-state index in [0.717, 1.165) is 0 Å². The van der Waals surface area contributed by atoms with Gasteiger partial charge in [0.25, 0.3) is 0 Å². The van der Waals surface area contributed by atoms with Crippen molar-refractivity contribution in [3.63, 3.8) is 0 Å². The van der Waals surface area contributed by atoms with E-state index in [1.807, 2.05) is 6.92 Å². The van der Waals surface area contributed by atoms with Gasteiger partial charge in [0.2, 0.25) is 11.8 Å². The molecule has 1 aliphatic heterocycles. The Bertz CT molecular complexity index is 580. The molecule has 0 bridgehead atoms. The maximum absolute atomic E-state index is 11.9. The number of hydrogen-bond donors (Lipinski definition) is 0. The lowest BCUT2D eigenvalue weighted by Crippen LogP contribution is -2.56. The van der Waals surface area contributed by atoms with Crippen molar-refractivity contribution in [2.24, 2.45) is 0 Å². The van der Waals surface area contributed by atoms with Crippen molar-refractivity contribution in [3.05, 3.63) is 24.3 Å². The first-order valence-electron chi connectivity index (χ1n) is 7.79. The summed E-state index contributed by atoms with van der Waals surface area (Å²) in [7, 11) is 1.62. The van der Waals surface area contributed by atoms with Gasteiger partial charge in [-0.2, -0.15) is 0 Å². The molecule has 1 aliphatic rings. The van der Waals surface area contributed by atoms with Gasteiger partial charge in [0.15, 0.2) is 5.73 Å². The lowest BCUT2D eigenvalue weighted by Gasteiger charge is -2.32. The molecule has 24 heavy (non-hydrogen) atoms. The zero-order chi connectivity index (χ0) is 17.7. The van der Waals surface area contributed by atoms with Gasteiger partial charge in [-0.25, -0.2) is 0 Å². The summed E-state index contributed by atoms with van der Waals surface area (Å²) in [6, 6.07) is 6.88. The van der Waals surface area contributed by atoms with Crippen LogP contribution in [0.1, 0.15) is 26.2 Å². The Hall–Kier alpha value is -1.74. The highest BCUT2D eigenvalue weighted by Gasteiger charge is 2.48. The van der Waals surface area contributed by atoms with Crippen LogP contribution in [0.3, 0.4) is 0 Å². The molecule has 0 aliphatic carbocycles. The van der Waals surface area contributed by atoms with Crippen molar-refractivity contribution in [3.8, 4) is 5.75 Å². The van der Waals surface area contributed by atoms with E-state index in [1.54, 1.807) is 24.3 Å². The van der Waals surface area contributed by atoms with Crippen LogP contribution in [-0.2, 0) is 22.9 Å². The molecular formula is C16H23NO6Si. The van der Waals surface area contributed by atoms with Gasteiger partial charge in [0.05, 0.1) is 5.69 Å². The van der Waals surface area contributed by atoms with Gasteiger partial charge < -0.3 is 18.0 Å². The summed E-state index contributed by atoms with van der Waals surface area (Å²) in [6.07, 6.45) is 1.11. The van der Waals surface area contributed by atoms with Crippen LogP contribution in [0.2, 0.25) is 0 Å². The van der Waals surface area contributed by atoms with Crippen LogP contribution in [0, 0.1) is 0 Å². The number of carbonyl (C=O) groups is 2. The number of anilines is 1. The van der Waals surface area contributed by atoms with Crippen LogP contribution in [-0.4, -0.2) is 47.7 Å². The highest BCUT2D eigenvalue weighted by molar-refractivity contribution is 6.62. The second-order valence-corrected chi connectivity index (χ2v) is 8.43. The van der Waals surface area contributed by atoms with Crippen molar-refractivity contribution in [2.45, 2.75) is 31.9 Å². The largest absolute Gasteiger partial charge is 0.543 e. The van der Waals surface area contributed by atoms with Crippen molar-refractivity contribution in [2.75, 3.05) is 26.2 Å². The SMILES string of the molecule is CCC(Oc1cccc(N2C(=O)CCC2=O)c1)[Si](OC)(OC)OC. The number of hydrogen-bond acceptors (Lipinski definition) is 6. The monoisotopic (exact) mass is 353 g/mol. The zero-order valence-corrected chi connectivity index (χ0v) is 15.4. The van der Waals surface area contributed by atoms with Crippen LogP contribution in [0.15, 0.2) is 24.3 Å². The molecule has 0 radical (unpaired) electrons. The first-order chi connectivity index (χ1) is 11.5. The smallest absolute Gasteiger partial charge is 0.486 e. The molecule has 0 aromatic heterocycles. The summed E-state index contributed by atoms with van der Waals surface area (Å²) in [5.41, 5.74) is 0.104. The number of nitrogens with zero attached hydrogens (tertiary/aromatic N) is 1. The Labute approximate surface area is 142 Å². The van der Waals surface area contributed by atoms with Gasteiger partial charge in [0, 0.05) is 40.2 Å². The second-order valence-electron chi connectivity index (χ2n) is 5.35. The lowest BCUT2D eigenvalue weighted by atomic mass is 10.2. The van der Waals surface area contributed by atoms with Crippen LogP contribution in [0.5, 0.6) is 5.75 Å². The molecule has 7 nitrogen and oxygen atoms in total. The van der Waals surface area contributed by atoms with E-state index < -0.39 is 14.5 Å². The molecule has 0 saturated carbocycles. The molecule has 132 valence electrons. The summed E-state index contributed by atoms with van der Waals surface area (Å²) in [6.45, 7) is 1.95. The maximum atomic E-state index is 11.9. The molecule has 0 spiro atoms. The third kappa shape index (κ3) is 3.51. The maximum Gasteiger partial charge on any atom is 0.543 e. The Morgan fingerprint density at radius 1 is 1.08 bits per heavy atom. The number of ether oxygens (including phenoxy) is 1. The molecule has 1 saturated heterocycles. The van der Waals surface area contributed by atoms with Crippen molar-refractivity contribution < 1.29 is 27.6 Å². The van der Waals surface area contributed by atoms with Crippen LogP contribution < -0.4 is 9.64 Å². The summed E-state index contributed by atoms with van der Waals surface area (Å²) in [5, 5.41) is 0. The van der Waals surface area contributed by atoms with E-state index >= 15 is 0 Å². The molecule has 2 rings (SSSR count). The first-order valence-corrected chi connectivity index (χ1v) is 9.59. The predicted molar refractivity (Wildman–Crippen MR) is 89.7 cm³/mol. The molecule has 8 heteroatoms. The summed E-state index contributed by atoms with van der Waals surface area (Å²) in [5.74, 6) is 0.132. The number of carbonyl (C=O) groups excluding carboxylic acids is 2. The third-order valence-corrected chi connectivity index (χ3v) is 7.05. The highest BCUT2D eigenvalue weighted by atomic mass is 28.4. The average molecular weight is 353 g/mol. The number of benzene rings is 1. The van der Waals surface area contributed by atoms with Gasteiger partial charge in [0.1, 0.15) is 5.75 Å². The van der Waals surface area contributed by atoms with E-state index in [1.165, 1.54) is 26.2 Å². The van der Waals surface area contributed by atoms with Gasteiger partial charge >= 0.3 is 8.80 Å². The highest BCUT2D eigenvalue weighted by Crippen LogP contribution is 2.28. The minimum atomic E-state index is -2.98. The minimum absolute atomic E-state index is 0.196. The van der Waals surface area contributed by atoms with Crippen LogP contribution >= 0.6 is 0 Å². The summed E-state index contributed by atoms with van der Waals surface area (Å²) < 4.78 is 22.4. The topological polar surface area (TPSA) is 74.3 Å². The molecule has 1 unspecified atom stereocenters. The van der Waals surface area contributed by atoms with Gasteiger partial charge in [-0.3, -0.25) is 14.5 Å². The predicted octanol–water partition coefficient (Wildman–Crippen LogP) is 1.91. The molecule has 2 amide bonds. The summed E-state index contributed by atoms with van der Waals surface area (Å²) in [4.78, 5) is 25.0. The molecule has 1 heterocycles. The first kappa shape index (κ1) is 18.6. The Morgan fingerprint density at radius 3 is 2.17 bits per heavy atom. The Balaban J connectivity index is 2.25. The van der Waals surface area contributed by atoms with Gasteiger partial charge in [-0.1, -0.05) is 13.0 Å². The Morgan fingerprint density at radius 2 is 1.67 bits per heavy atom. The van der Waals surface area contributed by atoms with Crippen molar-refractivity contribution >= 4 is 26.3 Å². The fourth-order valence-electron chi connectivity index (χ4n) is 2.77. The fourth-order valence-corrected chi connectivity index (χ4v) is 4.84. The number of amides is 2. The van der Waals surface area contributed by atoms with Gasteiger partial charge in [-0.05, 0) is 18.6 Å². The van der Waals surface area contributed by atoms with E-state index in [9.17, 15) is 9.59 Å². The average Bonchev–Trinajstić information content (AvgIpc) is 2.94. The van der Waals surface area contributed by atoms with Crippen LogP contribution in [0.4, 0.5) is 5.69 Å². The minimum Gasteiger partial charge on any atom is -0.486 e. The van der Waals surface area contributed by atoms with E-state index in [4.69, 9.17) is 18.0 Å². The van der Waals surface area contributed by atoms with Crippen molar-refractivity contribution in [1.29, 1.82) is 0 Å². The molecular weight excluding hydrogens is 330 g/mol. The van der Waals surface area contributed by atoms with E-state index in [0.29, 0.717) is 17.9 Å². The van der Waals surface area contributed by atoms with Crippen LogP contribution in [0.25, 0.3) is 0 Å². The Kier molecular flexibility index (Phi) is 6.11. The number of rotatable bonds is 8. The van der Waals surface area contributed by atoms with Crippen molar-refractivity contribution in [1.82, 2.24) is 0 Å². The van der Waals surface area contributed by atoms with E-state index in [-0.39, 0.29) is 24.7 Å². The zero-order valence-electron chi connectivity index (χ0n) is 14.4. The molecule has 1 fully saturated rings. The fraction of sp³-hybridized carbons (Fsp3) is 0.500. The quantitative estimate of drug-likeness (QED) is 0.525.